The molecule has 3 rings (SSSR count). The molecule has 0 aliphatic carbocycles. The molecular weight excluding hydrogens is 445 g/mol. The van der Waals surface area contributed by atoms with Crippen molar-refractivity contribution in [3.63, 3.8) is 0 Å². The molecule has 176 valence electrons. The maximum absolute atomic E-state index is 14.0. The number of benzene rings is 2. The van der Waals surface area contributed by atoms with Gasteiger partial charge in [0.1, 0.15) is 12.4 Å². The van der Waals surface area contributed by atoms with Crippen LogP contribution in [0.3, 0.4) is 0 Å². The Balaban J connectivity index is 1.56. The number of carbonyl (C=O) groups excluding carboxylic acids is 1. The van der Waals surface area contributed by atoms with Crippen molar-refractivity contribution in [1.29, 1.82) is 0 Å². The predicted molar refractivity (Wildman–Crippen MR) is 125 cm³/mol. The molecule has 0 aliphatic rings. The van der Waals surface area contributed by atoms with E-state index in [4.69, 9.17) is 15.3 Å². The standard InChI is InChI=1S/C23H28FN5O3S/c1-5-28(12-17-6-7-20(31-4)19(24)11-17)22(30)14-33-23-27-26-21(29(23)25)13-32-18-9-15(2)8-16(3)10-18/h6-11H,5,12-14,25H2,1-4H3. The van der Waals surface area contributed by atoms with Crippen LogP contribution in [0.5, 0.6) is 11.5 Å². The van der Waals surface area contributed by atoms with Crippen LogP contribution in [0.4, 0.5) is 4.39 Å². The van der Waals surface area contributed by atoms with Gasteiger partial charge in [0, 0.05) is 13.1 Å². The lowest BCUT2D eigenvalue weighted by atomic mass is 10.1. The number of nitrogens with two attached hydrogens (primary N) is 1. The fourth-order valence-electron chi connectivity index (χ4n) is 3.29. The van der Waals surface area contributed by atoms with Crippen molar-refractivity contribution in [3.8, 4) is 11.5 Å². The van der Waals surface area contributed by atoms with Crippen molar-refractivity contribution in [2.75, 3.05) is 25.3 Å². The van der Waals surface area contributed by atoms with E-state index in [9.17, 15) is 9.18 Å². The number of hydrogen-bond donors (Lipinski definition) is 1. The summed E-state index contributed by atoms with van der Waals surface area (Å²) in [4.78, 5) is 14.4. The number of aromatic nitrogens is 3. The highest BCUT2D eigenvalue weighted by atomic mass is 32.2. The van der Waals surface area contributed by atoms with Gasteiger partial charge in [-0.05, 0) is 61.7 Å². The molecule has 0 atom stereocenters. The minimum atomic E-state index is -0.459. The highest BCUT2D eigenvalue weighted by molar-refractivity contribution is 7.99. The summed E-state index contributed by atoms with van der Waals surface area (Å²) in [6.07, 6.45) is 0. The average molecular weight is 474 g/mol. The van der Waals surface area contributed by atoms with Crippen LogP contribution in [0.25, 0.3) is 0 Å². The number of amides is 1. The van der Waals surface area contributed by atoms with Crippen molar-refractivity contribution in [3.05, 3.63) is 64.7 Å². The smallest absolute Gasteiger partial charge is 0.233 e. The van der Waals surface area contributed by atoms with E-state index in [-0.39, 0.29) is 24.0 Å². The van der Waals surface area contributed by atoms with Gasteiger partial charge < -0.3 is 20.2 Å². The lowest BCUT2D eigenvalue weighted by Crippen LogP contribution is -2.32. The van der Waals surface area contributed by atoms with E-state index in [1.165, 1.54) is 29.6 Å². The fraction of sp³-hybridized carbons (Fsp3) is 0.348. The van der Waals surface area contributed by atoms with Crippen LogP contribution in [0.15, 0.2) is 41.6 Å². The van der Waals surface area contributed by atoms with E-state index in [0.29, 0.717) is 29.6 Å². The Labute approximate surface area is 196 Å². The molecule has 0 saturated heterocycles. The summed E-state index contributed by atoms with van der Waals surface area (Å²) >= 11 is 1.19. The predicted octanol–water partition coefficient (Wildman–Crippen LogP) is 3.48. The summed E-state index contributed by atoms with van der Waals surface area (Å²) in [6.45, 7) is 6.81. The first-order chi connectivity index (χ1) is 15.8. The van der Waals surface area contributed by atoms with Gasteiger partial charge in [-0.3, -0.25) is 4.79 Å². The highest BCUT2D eigenvalue weighted by Crippen LogP contribution is 2.21. The van der Waals surface area contributed by atoms with E-state index in [2.05, 4.69) is 16.3 Å². The third-order valence-electron chi connectivity index (χ3n) is 4.95. The van der Waals surface area contributed by atoms with Crippen LogP contribution in [-0.4, -0.2) is 45.1 Å². The third kappa shape index (κ3) is 6.38. The van der Waals surface area contributed by atoms with E-state index in [0.717, 1.165) is 16.9 Å². The summed E-state index contributed by atoms with van der Waals surface area (Å²) in [5.41, 5.74) is 2.89. The van der Waals surface area contributed by atoms with E-state index < -0.39 is 5.82 Å². The Bertz CT molecular complexity index is 1100. The number of hydrogen-bond acceptors (Lipinski definition) is 7. The number of halogens is 1. The number of aryl methyl sites for hydroxylation is 2. The molecule has 2 N–H and O–H groups in total. The summed E-state index contributed by atoms with van der Waals surface area (Å²) in [5.74, 6) is 7.00. The van der Waals surface area contributed by atoms with Gasteiger partial charge >= 0.3 is 0 Å². The van der Waals surface area contributed by atoms with Crippen molar-refractivity contribution in [2.45, 2.75) is 39.1 Å². The maximum atomic E-state index is 14.0. The fourth-order valence-corrected chi connectivity index (χ4v) is 4.07. The summed E-state index contributed by atoms with van der Waals surface area (Å²) in [5, 5.41) is 8.56. The number of nitrogens with zero attached hydrogens (tertiary/aromatic N) is 4. The zero-order valence-electron chi connectivity index (χ0n) is 19.2. The van der Waals surface area contributed by atoms with Crippen LogP contribution in [-0.2, 0) is 17.9 Å². The average Bonchev–Trinajstić information content (AvgIpc) is 3.13. The Hall–Kier alpha value is -3.27. The third-order valence-corrected chi connectivity index (χ3v) is 5.87. The molecule has 8 nitrogen and oxygen atoms in total. The molecule has 0 radical (unpaired) electrons. The highest BCUT2D eigenvalue weighted by Gasteiger charge is 2.17. The van der Waals surface area contributed by atoms with E-state index >= 15 is 0 Å². The number of methoxy groups -OCH3 is 1. The van der Waals surface area contributed by atoms with Gasteiger partial charge in [-0.2, -0.15) is 0 Å². The largest absolute Gasteiger partial charge is 0.494 e. The summed E-state index contributed by atoms with van der Waals surface area (Å²) in [6, 6.07) is 10.6. The van der Waals surface area contributed by atoms with Gasteiger partial charge in [0.25, 0.3) is 0 Å². The number of carbonyl (C=O) groups is 1. The number of nitrogen functional groups attached to an aromatic ring is 1. The Morgan fingerprint density at radius 1 is 1.18 bits per heavy atom. The van der Waals surface area contributed by atoms with Gasteiger partial charge in [0.2, 0.25) is 11.1 Å². The molecule has 10 heteroatoms. The minimum absolute atomic E-state index is 0.116. The van der Waals surface area contributed by atoms with Gasteiger partial charge in [0.05, 0.1) is 12.9 Å². The quantitative estimate of drug-likeness (QED) is 0.356. The molecule has 0 unspecified atom stereocenters. The minimum Gasteiger partial charge on any atom is -0.494 e. The normalized spacial score (nSPS) is 10.8. The summed E-state index contributed by atoms with van der Waals surface area (Å²) < 4.78 is 26.0. The molecule has 0 aliphatic heterocycles. The molecule has 0 fully saturated rings. The lowest BCUT2D eigenvalue weighted by molar-refractivity contribution is -0.128. The van der Waals surface area contributed by atoms with Crippen LogP contribution in [0, 0.1) is 19.7 Å². The van der Waals surface area contributed by atoms with Crippen molar-refractivity contribution in [1.82, 2.24) is 19.8 Å². The van der Waals surface area contributed by atoms with Gasteiger partial charge in [-0.25, -0.2) is 9.07 Å². The molecule has 2 aromatic carbocycles. The first-order valence-corrected chi connectivity index (χ1v) is 11.4. The van der Waals surface area contributed by atoms with Gasteiger partial charge in [0.15, 0.2) is 17.4 Å². The van der Waals surface area contributed by atoms with Gasteiger partial charge in [-0.15, -0.1) is 10.2 Å². The lowest BCUT2D eigenvalue weighted by Gasteiger charge is -2.21. The molecule has 0 bridgehead atoms. The maximum Gasteiger partial charge on any atom is 0.233 e. The van der Waals surface area contributed by atoms with Crippen LogP contribution in [0.2, 0.25) is 0 Å². The molecule has 1 amide bonds. The summed E-state index contributed by atoms with van der Waals surface area (Å²) in [7, 11) is 1.41. The molecule has 1 aromatic heterocycles. The monoisotopic (exact) mass is 473 g/mol. The van der Waals surface area contributed by atoms with E-state index in [1.54, 1.807) is 17.0 Å². The second-order valence-corrected chi connectivity index (χ2v) is 8.49. The zero-order valence-corrected chi connectivity index (χ0v) is 20.0. The molecule has 0 saturated carbocycles. The SMILES string of the molecule is CCN(Cc1ccc(OC)c(F)c1)C(=O)CSc1nnc(COc2cc(C)cc(C)c2)n1N. The Kier molecular flexibility index (Phi) is 8.16. The van der Waals surface area contributed by atoms with Crippen molar-refractivity contribution >= 4 is 17.7 Å². The number of ether oxygens (including phenoxy) is 2. The molecular formula is C23H28FN5O3S. The Morgan fingerprint density at radius 3 is 2.55 bits per heavy atom. The zero-order chi connectivity index (χ0) is 24.0. The second-order valence-electron chi connectivity index (χ2n) is 7.55. The number of rotatable bonds is 10. The second kappa shape index (κ2) is 11.0. The molecule has 1 heterocycles. The Morgan fingerprint density at radius 2 is 1.91 bits per heavy atom. The first-order valence-electron chi connectivity index (χ1n) is 10.4. The molecule has 33 heavy (non-hydrogen) atoms. The molecule has 3 aromatic rings. The van der Waals surface area contributed by atoms with Crippen LogP contribution < -0.4 is 15.3 Å². The van der Waals surface area contributed by atoms with Gasteiger partial charge in [-0.1, -0.05) is 23.9 Å². The molecule has 0 spiro atoms. The van der Waals surface area contributed by atoms with E-state index in [1.807, 2.05) is 32.9 Å². The van der Waals surface area contributed by atoms with Crippen molar-refractivity contribution in [2.24, 2.45) is 0 Å². The van der Waals surface area contributed by atoms with Crippen molar-refractivity contribution < 1.29 is 18.7 Å². The topological polar surface area (TPSA) is 95.5 Å². The van der Waals surface area contributed by atoms with Crippen LogP contribution >= 0.6 is 11.8 Å². The van der Waals surface area contributed by atoms with Crippen LogP contribution in [0.1, 0.15) is 29.4 Å². The first kappa shape index (κ1) is 24.4. The number of thioether (sulfide) groups is 1.